The minimum atomic E-state index is 0.351. The summed E-state index contributed by atoms with van der Waals surface area (Å²) in [6.45, 7) is 1.68. The van der Waals surface area contributed by atoms with Crippen molar-refractivity contribution >= 4 is 27.6 Å². The maximum Gasteiger partial charge on any atom is 0.134 e. The molecule has 6 heteroatoms. The number of rotatable bonds is 5. The Kier molecular flexibility index (Phi) is 5.00. The highest BCUT2D eigenvalue weighted by Crippen LogP contribution is 2.26. The molecule has 1 fully saturated rings. The molecule has 1 aliphatic rings. The summed E-state index contributed by atoms with van der Waals surface area (Å²) in [6, 6.07) is 10.3. The molecule has 0 amide bonds. The van der Waals surface area contributed by atoms with Crippen molar-refractivity contribution in [2.75, 3.05) is 37.0 Å². The first kappa shape index (κ1) is 16.1. The number of hydrogen-bond donors (Lipinski definition) is 0. The molecule has 0 spiro atoms. The summed E-state index contributed by atoms with van der Waals surface area (Å²) >= 11 is 3.44. The quantitative estimate of drug-likeness (QED) is 0.800. The van der Waals surface area contributed by atoms with Crippen LogP contribution in [0.2, 0.25) is 0 Å². The molecule has 2 heterocycles. The summed E-state index contributed by atoms with van der Waals surface area (Å²) in [4.78, 5) is 13.1. The first-order valence-corrected chi connectivity index (χ1v) is 8.57. The zero-order valence-corrected chi connectivity index (χ0v) is 15.0. The number of hydrogen-bond acceptors (Lipinski definition) is 5. The summed E-state index contributed by atoms with van der Waals surface area (Å²) in [7, 11) is 3.98. The highest BCUT2D eigenvalue weighted by atomic mass is 79.9. The average molecular weight is 377 g/mol. The van der Waals surface area contributed by atoms with Crippen LogP contribution >= 0.6 is 15.9 Å². The lowest BCUT2D eigenvalue weighted by Crippen LogP contribution is -2.35. The number of aromatic nitrogens is 2. The SMILES string of the molecule is CN(C)c1cc(N2CCC[C@H]2COc2ccc(Br)cc2)ncn1. The van der Waals surface area contributed by atoms with Crippen LogP contribution in [0.25, 0.3) is 0 Å². The van der Waals surface area contributed by atoms with E-state index in [9.17, 15) is 0 Å². The third-order valence-electron chi connectivity index (χ3n) is 4.02. The highest BCUT2D eigenvalue weighted by Gasteiger charge is 2.26. The van der Waals surface area contributed by atoms with Crippen LogP contribution in [0.15, 0.2) is 41.1 Å². The van der Waals surface area contributed by atoms with Gasteiger partial charge in [0.05, 0.1) is 6.04 Å². The molecule has 2 aromatic rings. The predicted octanol–water partition coefficient (Wildman–Crippen LogP) is 3.35. The second-order valence-electron chi connectivity index (χ2n) is 5.88. The maximum absolute atomic E-state index is 5.96. The molecule has 1 aliphatic heterocycles. The highest BCUT2D eigenvalue weighted by molar-refractivity contribution is 9.10. The van der Waals surface area contributed by atoms with Gasteiger partial charge >= 0.3 is 0 Å². The number of halogens is 1. The van der Waals surface area contributed by atoms with Crippen molar-refractivity contribution in [1.29, 1.82) is 0 Å². The van der Waals surface area contributed by atoms with E-state index in [1.807, 2.05) is 49.3 Å². The first-order valence-electron chi connectivity index (χ1n) is 7.78. The van der Waals surface area contributed by atoms with Crippen molar-refractivity contribution in [1.82, 2.24) is 9.97 Å². The van der Waals surface area contributed by atoms with Crippen molar-refractivity contribution in [2.24, 2.45) is 0 Å². The molecule has 0 unspecified atom stereocenters. The molecule has 0 radical (unpaired) electrons. The fourth-order valence-electron chi connectivity index (χ4n) is 2.77. The van der Waals surface area contributed by atoms with E-state index in [4.69, 9.17) is 4.74 Å². The summed E-state index contributed by atoms with van der Waals surface area (Å²) in [5.41, 5.74) is 0. The first-order chi connectivity index (χ1) is 11.1. The number of anilines is 2. The van der Waals surface area contributed by atoms with Gasteiger partial charge in [-0.3, -0.25) is 0 Å². The van der Waals surface area contributed by atoms with Gasteiger partial charge in [-0.25, -0.2) is 9.97 Å². The van der Waals surface area contributed by atoms with Gasteiger partial charge in [-0.05, 0) is 37.1 Å². The Bertz CT molecular complexity index is 647. The fraction of sp³-hybridized carbons (Fsp3) is 0.412. The van der Waals surface area contributed by atoms with Gasteiger partial charge in [0.2, 0.25) is 0 Å². The Morgan fingerprint density at radius 1 is 1.26 bits per heavy atom. The van der Waals surface area contributed by atoms with E-state index >= 15 is 0 Å². The Morgan fingerprint density at radius 3 is 2.78 bits per heavy atom. The lowest BCUT2D eigenvalue weighted by molar-refractivity contribution is 0.288. The average Bonchev–Trinajstić information content (AvgIpc) is 3.03. The zero-order chi connectivity index (χ0) is 16.2. The molecule has 122 valence electrons. The van der Waals surface area contributed by atoms with E-state index < -0.39 is 0 Å². The third kappa shape index (κ3) is 3.93. The van der Waals surface area contributed by atoms with Crippen molar-refractivity contribution in [3.8, 4) is 5.75 Å². The topological polar surface area (TPSA) is 41.5 Å². The van der Waals surface area contributed by atoms with Crippen LogP contribution in [0, 0.1) is 0 Å². The predicted molar refractivity (Wildman–Crippen MR) is 96.4 cm³/mol. The molecular weight excluding hydrogens is 356 g/mol. The van der Waals surface area contributed by atoms with Crippen molar-refractivity contribution in [3.63, 3.8) is 0 Å². The molecule has 23 heavy (non-hydrogen) atoms. The molecule has 3 rings (SSSR count). The van der Waals surface area contributed by atoms with Crippen LogP contribution in [0.3, 0.4) is 0 Å². The van der Waals surface area contributed by atoms with Crippen LogP contribution in [0.5, 0.6) is 5.75 Å². The van der Waals surface area contributed by atoms with E-state index in [0.717, 1.165) is 41.2 Å². The second-order valence-corrected chi connectivity index (χ2v) is 6.80. The van der Waals surface area contributed by atoms with Gasteiger partial charge in [0, 0.05) is 31.2 Å². The van der Waals surface area contributed by atoms with Crippen molar-refractivity contribution in [3.05, 3.63) is 41.1 Å². The van der Waals surface area contributed by atoms with Gasteiger partial charge in [0.1, 0.15) is 30.3 Å². The monoisotopic (exact) mass is 376 g/mol. The third-order valence-corrected chi connectivity index (χ3v) is 4.55. The number of benzene rings is 1. The lowest BCUT2D eigenvalue weighted by atomic mass is 10.2. The van der Waals surface area contributed by atoms with Gasteiger partial charge in [-0.15, -0.1) is 0 Å². The molecule has 0 N–H and O–H groups in total. The lowest BCUT2D eigenvalue weighted by Gasteiger charge is -2.26. The van der Waals surface area contributed by atoms with Crippen LogP contribution < -0.4 is 14.5 Å². The minimum Gasteiger partial charge on any atom is -0.491 e. The Labute approximate surface area is 145 Å². The molecule has 0 aliphatic carbocycles. The second kappa shape index (κ2) is 7.17. The minimum absolute atomic E-state index is 0.351. The molecule has 1 saturated heterocycles. The molecule has 0 saturated carbocycles. The van der Waals surface area contributed by atoms with E-state index in [2.05, 4.69) is 30.8 Å². The molecule has 0 bridgehead atoms. The smallest absolute Gasteiger partial charge is 0.134 e. The fourth-order valence-corrected chi connectivity index (χ4v) is 3.04. The van der Waals surface area contributed by atoms with Crippen LogP contribution in [0.1, 0.15) is 12.8 Å². The molecule has 1 aromatic heterocycles. The summed E-state index contributed by atoms with van der Waals surface area (Å²) in [6.07, 6.45) is 3.92. The van der Waals surface area contributed by atoms with Crippen LogP contribution in [-0.2, 0) is 0 Å². The van der Waals surface area contributed by atoms with Gasteiger partial charge in [0.15, 0.2) is 0 Å². The Morgan fingerprint density at radius 2 is 2.04 bits per heavy atom. The molecular formula is C17H21BrN4O. The largest absolute Gasteiger partial charge is 0.491 e. The van der Waals surface area contributed by atoms with Gasteiger partial charge < -0.3 is 14.5 Å². The van der Waals surface area contributed by atoms with Crippen LogP contribution in [0.4, 0.5) is 11.6 Å². The van der Waals surface area contributed by atoms with Gasteiger partial charge in [-0.1, -0.05) is 15.9 Å². The number of ether oxygens (including phenoxy) is 1. The van der Waals surface area contributed by atoms with Gasteiger partial charge in [-0.2, -0.15) is 0 Å². The van der Waals surface area contributed by atoms with E-state index in [1.54, 1.807) is 6.33 Å². The van der Waals surface area contributed by atoms with Gasteiger partial charge in [0.25, 0.3) is 0 Å². The molecule has 5 nitrogen and oxygen atoms in total. The van der Waals surface area contributed by atoms with Crippen molar-refractivity contribution in [2.45, 2.75) is 18.9 Å². The van der Waals surface area contributed by atoms with Crippen LogP contribution in [-0.4, -0.2) is 43.3 Å². The summed E-state index contributed by atoms with van der Waals surface area (Å²) < 4.78 is 7.02. The Balaban J connectivity index is 1.68. The summed E-state index contributed by atoms with van der Waals surface area (Å²) in [5, 5.41) is 0. The maximum atomic E-state index is 5.96. The zero-order valence-electron chi connectivity index (χ0n) is 13.4. The number of nitrogens with zero attached hydrogens (tertiary/aromatic N) is 4. The Hall–Kier alpha value is -1.82. The summed E-state index contributed by atoms with van der Waals surface area (Å²) in [5.74, 6) is 2.80. The van der Waals surface area contributed by atoms with E-state index in [-0.39, 0.29) is 0 Å². The van der Waals surface area contributed by atoms with Crippen molar-refractivity contribution < 1.29 is 4.74 Å². The standard InChI is InChI=1S/C17H21BrN4O/c1-21(2)16-10-17(20-12-19-16)22-9-3-4-14(22)11-23-15-7-5-13(18)6-8-15/h5-8,10,12,14H,3-4,9,11H2,1-2H3/t14-/m0/s1. The molecule has 1 atom stereocenters. The normalized spacial score (nSPS) is 17.3. The molecule has 1 aromatic carbocycles. The van der Waals surface area contributed by atoms with E-state index in [0.29, 0.717) is 12.6 Å². The van der Waals surface area contributed by atoms with E-state index in [1.165, 1.54) is 0 Å².